The van der Waals surface area contributed by atoms with E-state index in [0.29, 0.717) is 10.9 Å². The average Bonchev–Trinajstić information content (AvgIpc) is 2.55. The lowest BCUT2D eigenvalue weighted by molar-refractivity contribution is 0.0689. The van der Waals surface area contributed by atoms with Gasteiger partial charge in [-0.3, -0.25) is 4.79 Å². The zero-order valence-electron chi connectivity index (χ0n) is 12.2. The fourth-order valence-electron chi connectivity index (χ4n) is 2.51. The van der Waals surface area contributed by atoms with E-state index in [1.807, 2.05) is 0 Å². The molecule has 116 valence electrons. The van der Waals surface area contributed by atoms with Crippen molar-refractivity contribution in [2.24, 2.45) is 0 Å². The summed E-state index contributed by atoms with van der Waals surface area (Å²) in [4.78, 5) is 24.1. The topological polar surface area (TPSA) is 72.2 Å². The number of nitrogens with zero attached hydrogens (tertiary/aromatic N) is 2. The molecule has 5 nitrogen and oxygen atoms in total. The number of carboxylic acids is 1. The summed E-state index contributed by atoms with van der Waals surface area (Å²) in [5.74, 6) is -1.59. The molecule has 2 aromatic carbocycles. The first-order valence-corrected chi connectivity index (χ1v) is 6.99. The molecule has 0 amide bonds. The van der Waals surface area contributed by atoms with Crippen LogP contribution in [0.2, 0.25) is 0 Å². The molecule has 1 aromatic heterocycles. The molecule has 1 N–H and O–H groups in total. The van der Waals surface area contributed by atoms with Gasteiger partial charge in [-0.2, -0.15) is 5.10 Å². The van der Waals surface area contributed by atoms with Crippen molar-refractivity contribution in [3.05, 3.63) is 76.0 Å². The van der Waals surface area contributed by atoms with Gasteiger partial charge in [0.05, 0.1) is 11.4 Å². The third-order valence-corrected chi connectivity index (χ3v) is 3.75. The van der Waals surface area contributed by atoms with Crippen molar-refractivity contribution in [2.75, 3.05) is 0 Å². The number of benzene rings is 2. The van der Waals surface area contributed by atoms with Crippen LogP contribution in [-0.2, 0) is 0 Å². The van der Waals surface area contributed by atoms with Gasteiger partial charge in [0.1, 0.15) is 5.82 Å². The first-order chi connectivity index (χ1) is 11.0. The summed E-state index contributed by atoms with van der Waals surface area (Å²) in [5.41, 5.74) is 0.0872. The zero-order chi connectivity index (χ0) is 16.6. The Hall–Kier alpha value is -3.02. The smallest absolute Gasteiger partial charge is 0.357 e. The molecule has 3 aromatic rings. The van der Waals surface area contributed by atoms with Crippen LogP contribution in [0.1, 0.15) is 29.0 Å². The molecule has 23 heavy (non-hydrogen) atoms. The molecule has 0 bridgehead atoms. The van der Waals surface area contributed by atoms with E-state index in [4.69, 9.17) is 0 Å². The minimum Gasteiger partial charge on any atom is -0.476 e. The van der Waals surface area contributed by atoms with E-state index in [1.165, 1.54) is 12.1 Å². The maximum Gasteiger partial charge on any atom is 0.357 e. The maximum atomic E-state index is 13.0. The predicted octanol–water partition coefficient (Wildman–Crippen LogP) is 2.84. The quantitative estimate of drug-likeness (QED) is 0.807. The lowest BCUT2D eigenvalue weighted by Gasteiger charge is -2.16. The number of halogens is 1. The third-order valence-electron chi connectivity index (χ3n) is 3.75. The van der Waals surface area contributed by atoms with Crippen LogP contribution < -0.4 is 5.56 Å². The molecule has 6 heteroatoms. The van der Waals surface area contributed by atoms with Gasteiger partial charge in [-0.1, -0.05) is 30.3 Å². The van der Waals surface area contributed by atoms with Gasteiger partial charge in [0, 0.05) is 5.39 Å². The molecule has 0 aliphatic heterocycles. The Morgan fingerprint density at radius 1 is 1.13 bits per heavy atom. The van der Waals surface area contributed by atoms with Crippen molar-refractivity contribution < 1.29 is 14.3 Å². The van der Waals surface area contributed by atoms with Crippen molar-refractivity contribution in [3.8, 4) is 0 Å². The number of aromatic nitrogens is 2. The molecule has 0 fully saturated rings. The van der Waals surface area contributed by atoms with Crippen LogP contribution in [0, 0.1) is 5.82 Å². The maximum absolute atomic E-state index is 13.0. The Kier molecular flexibility index (Phi) is 3.65. The summed E-state index contributed by atoms with van der Waals surface area (Å²) in [6.45, 7) is 1.71. The van der Waals surface area contributed by atoms with Crippen molar-refractivity contribution in [3.63, 3.8) is 0 Å². The average molecular weight is 312 g/mol. The number of hydrogen-bond donors (Lipinski definition) is 1. The van der Waals surface area contributed by atoms with Gasteiger partial charge in [-0.05, 0) is 30.7 Å². The van der Waals surface area contributed by atoms with Crippen LogP contribution >= 0.6 is 0 Å². The molecular formula is C17H13FN2O3. The summed E-state index contributed by atoms with van der Waals surface area (Å²) in [6, 6.07) is 11.6. The van der Waals surface area contributed by atoms with Crippen molar-refractivity contribution in [2.45, 2.75) is 13.0 Å². The van der Waals surface area contributed by atoms with Crippen molar-refractivity contribution in [1.82, 2.24) is 9.78 Å². The molecule has 0 saturated carbocycles. The van der Waals surface area contributed by atoms with Gasteiger partial charge in [-0.15, -0.1) is 0 Å². The third kappa shape index (κ3) is 2.59. The van der Waals surface area contributed by atoms with Gasteiger partial charge in [0.2, 0.25) is 0 Å². The normalized spacial score (nSPS) is 12.3. The van der Waals surface area contributed by atoms with Crippen LogP contribution in [0.15, 0.2) is 53.3 Å². The van der Waals surface area contributed by atoms with Crippen molar-refractivity contribution in [1.29, 1.82) is 0 Å². The lowest BCUT2D eigenvalue weighted by atomic mass is 10.1. The number of carbonyl (C=O) groups is 1. The van der Waals surface area contributed by atoms with E-state index in [0.717, 1.165) is 4.68 Å². The molecule has 0 radical (unpaired) electrons. The molecule has 0 aliphatic carbocycles. The summed E-state index contributed by atoms with van der Waals surface area (Å²) in [6.07, 6.45) is 0. The molecule has 1 atom stereocenters. The zero-order valence-corrected chi connectivity index (χ0v) is 12.2. The Morgan fingerprint density at radius 2 is 1.74 bits per heavy atom. The summed E-state index contributed by atoms with van der Waals surface area (Å²) >= 11 is 0. The first kappa shape index (κ1) is 14.9. The Morgan fingerprint density at radius 3 is 2.35 bits per heavy atom. The summed E-state index contributed by atoms with van der Waals surface area (Å²) in [7, 11) is 0. The lowest BCUT2D eigenvalue weighted by Crippen LogP contribution is -2.29. The number of rotatable bonds is 3. The summed E-state index contributed by atoms with van der Waals surface area (Å²) < 4.78 is 14.2. The Labute approximate surface area is 130 Å². The highest BCUT2D eigenvalue weighted by Gasteiger charge is 2.19. The van der Waals surface area contributed by atoms with Crippen LogP contribution in [0.3, 0.4) is 0 Å². The monoisotopic (exact) mass is 312 g/mol. The Bertz CT molecular complexity index is 948. The van der Waals surface area contributed by atoms with Crippen LogP contribution in [0.25, 0.3) is 10.8 Å². The highest BCUT2D eigenvalue weighted by atomic mass is 19.1. The fraction of sp³-hybridized carbons (Fsp3) is 0.118. The van der Waals surface area contributed by atoms with E-state index in [-0.39, 0.29) is 22.5 Å². The Balaban J connectivity index is 2.25. The highest BCUT2D eigenvalue weighted by molar-refractivity contribution is 6.01. The fourth-order valence-corrected chi connectivity index (χ4v) is 2.51. The first-order valence-electron chi connectivity index (χ1n) is 6.99. The van der Waals surface area contributed by atoms with Gasteiger partial charge in [0.15, 0.2) is 5.69 Å². The molecule has 1 unspecified atom stereocenters. The molecule has 0 aliphatic rings. The van der Waals surface area contributed by atoms with Gasteiger partial charge < -0.3 is 5.11 Å². The van der Waals surface area contributed by atoms with Crippen LogP contribution in [0.4, 0.5) is 4.39 Å². The predicted molar refractivity (Wildman–Crippen MR) is 83.2 cm³/mol. The van der Waals surface area contributed by atoms with E-state index in [9.17, 15) is 19.1 Å². The molecule has 0 saturated heterocycles. The second-order valence-corrected chi connectivity index (χ2v) is 5.18. The van der Waals surface area contributed by atoms with Crippen LogP contribution in [0.5, 0.6) is 0 Å². The number of fused-ring (bicyclic) bond motifs is 1. The molecule has 3 rings (SSSR count). The van der Waals surface area contributed by atoms with Gasteiger partial charge in [-0.25, -0.2) is 13.9 Å². The van der Waals surface area contributed by atoms with Crippen LogP contribution in [-0.4, -0.2) is 20.9 Å². The minimum atomic E-state index is -1.21. The highest BCUT2D eigenvalue weighted by Crippen LogP contribution is 2.19. The van der Waals surface area contributed by atoms with Crippen molar-refractivity contribution >= 4 is 16.7 Å². The van der Waals surface area contributed by atoms with Gasteiger partial charge >= 0.3 is 5.97 Å². The SMILES string of the molecule is CC(c1ccc(F)cc1)n1nc(C(=O)O)c2ccccc2c1=O. The standard InChI is InChI=1S/C17H13FN2O3/c1-10(11-6-8-12(18)9-7-11)20-16(21)14-5-3-2-4-13(14)15(19-20)17(22)23/h2-10H,1H3,(H,22,23). The number of carboxylic acid groups (broad SMARTS) is 1. The number of hydrogen-bond acceptors (Lipinski definition) is 3. The second kappa shape index (κ2) is 5.64. The van der Waals surface area contributed by atoms with Gasteiger partial charge in [0.25, 0.3) is 5.56 Å². The molecule has 1 heterocycles. The summed E-state index contributed by atoms with van der Waals surface area (Å²) in [5, 5.41) is 14.0. The number of aromatic carboxylic acids is 1. The second-order valence-electron chi connectivity index (χ2n) is 5.18. The van der Waals surface area contributed by atoms with E-state index < -0.39 is 12.0 Å². The minimum absolute atomic E-state index is 0.186. The van der Waals surface area contributed by atoms with E-state index in [2.05, 4.69) is 5.10 Å². The van der Waals surface area contributed by atoms with E-state index in [1.54, 1.807) is 43.3 Å². The van der Waals surface area contributed by atoms with E-state index >= 15 is 0 Å². The molecule has 0 spiro atoms. The largest absolute Gasteiger partial charge is 0.476 e. The molecular weight excluding hydrogens is 299 g/mol.